The van der Waals surface area contributed by atoms with Gasteiger partial charge in [-0.25, -0.2) is 8.42 Å². The van der Waals surface area contributed by atoms with E-state index >= 15 is 0 Å². The molecule has 0 aliphatic carbocycles. The first-order valence-corrected chi connectivity index (χ1v) is 12.5. The quantitative estimate of drug-likeness (QED) is 0.534. The fraction of sp³-hybridized carbons (Fsp3) is 0.375. The van der Waals surface area contributed by atoms with Gasteiger partial charge in [-0.3, -0.25) is 18.7 Å². The molecule has 2 rings (SSSR count). The highest BCUT2D eigenvalue weighted by atomic mass is 32.2. The van der Waals surface area contributed by atoms with Crippen molar-refractivity contribution in [2.45, 2.75) is 40.3 Å². The summed E-state index contributed by atoms with van der Waals surface area (Å²) in [5.41, 5.74) is 2.37. The van der Waals surface area contributed by atoms with Crippen molar-refractivity contribution < 1.29 is 22.8 Å². The number of carbonyl (C=O) groups is 3. The number of ketones is 1. The van der Waals surface area contributed by atoms with Gasteiger partial charge in [0.2, 0.25) is 21.8 Å². The summed E-state index contributed by atoms with van der Waals surface area (Å²) < 4.78 is 26.1. The molecule has 2 aromatic rings. The summed E-state index contributed by atoms with van der Waals surface area (Å²) in [6.07, 6.45) is 0.999. The number of nitrogens with zero attached hydrogens (tertiary/aromatic N) is 2. The number of sulfonamides is 1. The van der Waals surface area contributed by atoms with Crippen molar-refractivity contribution in [1.29, 1.82) is 0 Å². The van der Waals surface area contributed by atoms with Gasteiger partial charge in [-0.2, -0.15) is 0 Å². The van der Waals surface area contributed by atoms with Gasteiger partial charge in [-0.05, 0) is 45.4 Å². The lowest BCUT2D eigenvalue weighted by molar-refractivity contribution is -0.139. The first-order chi connectivity index (χ1) is 15.4. The molecule has 0 aromatic heterocycles. The summed E-state index contributed by atoms with van der Waals surface area (Å²) in [5.74, 6) is -1.08. The van der Waals surface area contributed by atoms with Gasteiger partial charge in [0.15, 0.2) is 5.78 Å². The Hall–Kier alpha value is -3.20. The van der Waals surface area contributed by atoms with Gasteiger partial charge in [0.25, 0.3) is 0 Å². The second-order valence-electron chi connectivity index (χ2n) is 7.96. The predicted molar refractivity (Wildman–Crippen MR) is 129 cm³/mol. The second-order valence-corrected chi connectivity index (χ2v) is 9.86. The van der Waals surface area contributed by atoms with E-state index in [0.29, 0.717) is 12.1 Å². The van der Waals surface area contributed by atoms with Gasteiger partial charge in [0.1, 0.15) is 12.6 Å². The molecule has 178 valence electrons. The zero-order valence-electron chi connectivity index (χ0n) is 19.7. The van der Waals surface area contributed by atoms with Crippen LogP contribution in [0.2, 0.25) is 0 Å². The molecule has 0 fully saturated rings. The van der Waals surface area contributed by atoms with Crippen LogP contribution in [-0.4, -0.2) is 56.3 Å². The van der Waals surface area contributed by atoms with Crippen LogP contribution in [0.1, 0.15) is 42.3 Å². The summed E-state index contributed by atoms with van der Waals surface area (Å²) in [5, 5.41) is 2.71. The number of likely N-dealkylation sites (N-methyl/N-ethyl adjacent to an activating group) is 1. The molecule has 0 spiro atoms. The average Bonchev–Trinajstić information content (AvgIpc) is 2.74. The smallest absolute Gasteiger partial charge is 0.244 e. The summed E-state index contributed by atoms with van der Waals surface area (Å²) in [6.45, 7) is 6.75. The van der Waals surface area contributed by atoms with E-state index in [2.05, 4.69) is 5.32 Å². The van der Waals surface area contributed by atoms with Crippen LogP contribution in [0.4, 0.5) is 5.69 Å². The van der Waals surface area contributed by atoms with Gasteiger partial charge in [0.05, 0.1) is 11.9 Å². The van der Waals surface area contributed by atoms with Gasteiger partial charge in [-0.1, -0.05) is 42.0 Å². The maximum absolute atomic E-state index is 13.4. The molecule has 0 saturated heterocycles. The van der Waals surface area contributed by atoms with Crippen molar-refractivity contribution in [3.63, 3.8) is 0 Å². The number of carbonyl (C=O) groups excluding carboxylic acids is 3. The fourth-order valence-corrected chi connectivity index (χ4v) is 4.25. The molecular weight excluding hydrogens is 442 g/mol. The number of hydrogen-bond donors (Lipinski definition) is 1. The fourth-order valence-electron chi connectivity index (χ4n) is 3.41. The maximum Gasteiger partial charge on any atom is 0.244 e. The van der Waals surface area contributed by atoms with E-state index in [1.807, 2.05) is 31.2 Å². The van der Waals surface area contributed by atoms with Crippen molar-refractivity contribution >= 4 is 33.3 Å². The molecule has 0 radical (unpaired) electrons. The van der Waals surface area contributed by atoms with Gasteiger partial charge >= 0.3 is 0 Å². The van der Waals surface area contributed by atoms with E-state index in [0.717, 1.165) is 21.7 Å². The van der Waals surface area contributed by atoms with E-state index in [9.17, 15) is 22.8 Å². The topological polar surface area (TPSA) is 104 Å². The van der Waals surface area contributed by atoms with Gasteiger partial charge in [-0.15, -0.1) is 0 Å². The Bertz CT molecular complexity index is 1130. The van der Waals surface area contributed by atoms with Crippen molar-refractivity contribution in [3.8, 4) is 0 Å². The molecule has 1 N–H and O–H groups in total. The monoisotopic (exact) mass is 473 g/mol. The molecule has 2 amide bonds. The second kappa shape index (κ2) is 11.1. The van der Waals surface area contributed by atoms with E-state index in [4.69, 9.17) is 0 Å². The third-order valence-corrected chi connectivity index (χ3v) is 6.31. The summed E-state index contributed by atoms with van der Waals surface area (Å²) in [7, 11) is -3.85. The van der Waals surface area contributed by atoms with E-state index in [-0.39, 0.29) is 23.9 Å². The van der Waals surface area contributed by atoms with E-state index < -0.39 is 28.5 Å². The number of nitrogens with one attached hydrogen (secondary N) is 1. The lowest BCUT2D eigenvalue weighted by atomic mass is 10.1. The number of Topliss-reactive ketones (excluding diaryl/α,β-unsaturated/α-hetero) is 1. The molecule has 0 aliphatic rings. The average molecular weight is 474 g/mol. The van der Waals surface area contributed by atoms with Crippen LogP contribution >= 0.6 is 0 Å². The number of benzene rings is 2. The third-order valence-electron chi connectivity index (χ3n) is 5.17. The highest BCUT2D eigenvalue weighted by Gasteiger charge is 2.30. The summed E-state index contributed by atoms with van der Waals surface area (Å²) in [4.78, 5) is 39.1. The van der Waals surface area contributed by atoms with Crippen LogP contribution in [0.3, 0.4) is 0 Å². The van der Waals surface area contributed by atoms with Crippen LogP contribution in [0.5, 0.6) is 0 Å². The third kappa shape index (κ3) is 7.15. The zero-order chi connectivity index (χ0) is 24.8. The predicted octanol–water partition coefficient (Wildman–Crippen LogP) is 2.52. The SMILES string of the molecule is CCNC(=O)[C@@H](C)N(Cc1cccc(C)c1)C(=O)CN(c1cccc(C(C)=O)c1)S(C)(=O)=O. The minimum Gasteiger partial charge on any atom is -0.355 e. The zero-order valence-corrected chi connectivity index (χ0v) is 20.5. The molecule has 0 bridgehead atoms. The van der Waals surface area contributed by atoms with E-state index in [1.54, 1.807) is 26.0 Å². The number of rotatable bonds is 10. The highest BCUT2D eigenvalue weighted by Crippen LogP contribution is 2.21. The van der Waals surface area contributed by atoms with Gasteiger partial charge in [0, 0.05) is 18.7 Å². The number of hydrogen-bond acceptors (Lipinski definition) is 5. The molecule has 2 aromatic carbocycles. The molecular formula is C24H31N3O5S. The summed E-state index contributed by atoms with van der Waals surface area (Å²) in [6, 6.07) is 12.8. The van der Waals surface area contributed by atoms with Crippen LogP contribution < -0.4 is 9.62 Å². The molecule has 33 heavy (non-hydrogen) atoms. The first kappa shape index (κ1) is 26.1. The maximum atomic E-state index is 13.4. The van der Waals surface area contributed by atoms with Crippen molar-refractivity contribution in [3.05, 3.63) is 65.2 Å². The molecule has 0 saturated carbocycles. The Morgan fingerprint density at radius 3 is 2.30 bits per heavy atom. The molecule has 9 heteroatoms. The lowest BCUT2D eigenvalue weighted by Gasteiger charge is -2.31. The molecule has 0 heterocycles. The first-order valence-electron chi connectivity index (χ1n) is 10.7. The molecule has 0 aliphatic heterocycles. The normalized spacial score (nSPS) is 12.0. The molecule has 0 unspecified atom stereocenters. The Balaban J connectivity index is 2.42. The number of anilines is 1. The molecule has 8 nitrogen and oxygen atoms in total. The Labute approximate surface area is 195 Å². The minimum absolute atomic E-state index is 0.143. The Morgan fingerprint density at radius 1 is 1.06 bits per heavy atom. The highest BCUT2D eigenvalue weighted by molar-refractivity contribution is 7.92. The molecule has 1 atom stereocenters. The Kier molecular flexibility index (Phi) is 8.76. The largest absolute Gasteiger partial charge is 0.355 e. The number of aryl methyl sites for hydroxylation is 1. The van der Waals surface area contributed by atoms with Gasteiger partial charge < -0.3 is 10.2 Å². The van der Waals surface area contributed by atoms with Crippen molar-refractivity contribution in [2.24, 2.45) is 0 Å². The Morgan fingerprint density at radius 2 is 1.73 bits per heavy atom. The van der Waals surface area contributed by atoms with Crippen molar-refractivity contribution in [1.82, 2.24) is 10.2 Å². The number of amides is 2. The lowest BCUT2D eigenvalue weighted by Crippen LogP contribution is -2.51. The van der Waals surface area contributed by atoms with Crippen LogP contribution in [-0.2, 0) is 26.2 Å². The minimum atomic E-state index is -3.85. The standard InChI is InChI=1S/C24H31N3O5S/c1-6-25-24(30)18(3)26(15-20-10-7-9-17(2)13-20)23(29)16-27(33(5,31)32)22-12-8-11-21(14-22)19(4)28/h7-14,18H,6,15-16H2,1-5H3,(H,25,30)/t18-/m1/s1. The van der Waals surface area contributed by atoms with Crippen LogP contribution in [0.15, 0.2) is 48.5 Å². The van der Waals surface area contributed by atoms with Crippen molar-refractivity contribution in [2.75, 3.05) is 23.7 Å². The van der Waals surface area contributed by atoms with Crippen LogP contribution in [0, 0.1) is 6.92 Å². The van der Waals surface area contributed by atoms with Crippen LogP contribution in [0.25, 0.3) is 0 Å². The summed E-state index contributed by atoms with van der Waals surface area (Å²) >= 11 is 0. The van der Waals surface area contributed by atoms with E-state index in [1.165, 1.54) is 24.0 Å².